The third kappa shape index (κ3) is 5.84. The maximum atomic E-state index is 6.55. The number of para-hydroxylation sites is 1. The van der Waals surface area contributed by atoms with Crippen LogP contribution < -0.4 is 0 Å². The molecule has 0 unspecified atom stereocenters. The van der Waals surface area contributed by atoms with Crippen LogP contribution in [0.5, 0.6) is 0 Å². The van der Waals surface area contributed by atoms with Gasteiger partial charge in [-0.2, -0.15) is 0 Å². The van der Waals surface area contributed by atoms with Crippen molar-refractivity contribution in [1.29, 1.82) is 0 Å². The van der Waals surface area contributed by atoms with Gasteiger partial charge in [0.2, 0.25) is 0 Å². The number of benzene rings is 11. The molecule has 5 heteroatoms. The van der Waals surface area contributed by atoms with Crippen molar-refractivity contribution in [1.82, 2.24) is 19.5 Å². The van der Waals surface area contributed by atoms with E-state index in [1.54, 1.807) is 0 Å². The molecule has 3 aromatic heterocycles. The van der Waals surface area contributed by atoms with Crippen LogP contribution in [0.2, 0.25) is 0 Å². The molecule has 0 bridgehead atoms. The molecule has 0 atom stereocenters. The molecule has 0 N–H and O–H groups in total. The molecule has 0 fully saturated rings. The van der Waals surface area contributed by atoms with Gasteiger partial charge >= 0.3 is 0 Å². The molecule has 0 saturated heterocycles. The summed E-state index contributed by atoms with van der Waals surface area (Å²) in [4.78, 5) is 15.8. The Morgan fingerprint density at radius 1 is 0.288 bits per heavy atom. The van der Waals surface area contributed by atoms with Crippen molar-refractivity contribution in [3.05, 3.63) is 218 Å². The van der Waals surface area contributed by atoms with E-state index < -0.39 is 0 Å². The lowest BCUT2D eigenvalue weighted by Gasteiger charge is -2.17. The smallest absolute Gasteiger partial charge is 0.164 e. The normalized spacial score (nSPS) is 11.9. The zero-order valence-electron chi connectivity index (χ0n) is 35.5. The van der Waals surface area contributed by atoms with Gasteiger partial charge < -0.3 is 8.98 Å². The largest absolute Gasteiger partial charge is 0.456 e. The van der Waals surface area contributed by atoms with Gasteiger partial charge in [-0.25, -0.2) is 15.0 Å². The van der Waals surface area contributed by atoms with Crippen LogP contribution in [0.4, 0.5) is 0 Å². The Morgan fingerprint density at radius 3 is 1.27 bits per heavy atom. The fraction of sp³-hybridized carbons (Fsp3) is 0. The summed E-state index contributed by atoms with van der Waals surface area (Å²) in [5.74, 6) is 1.82. The van der Waals surface area contributed by atoms with Gasteiger partial charge in [-0.05, 0) is 121 Å². The highest BCUT2D eigenvalue weighted by Gasteiger charge is 2.21. The minimum atomic E-state index is 0.591. The van der Waals surface area contributed by atoms with E-state index in [1.807, 2.05) is 12.1 Å². The first-order valence-electron chi connectivity index (χ1n) is 22.3. The average Bonchev–Trinajstić information content (AvgIpc) is 3.90. The lowest BCUT2D eigenvalue weighted by molar-refractivity contribution is 0.669. The van der Waals surface area contributed by atoms with Crippen molar-refractivity contribution in [2.75, 3.05) is 0 Å². The molecule has 14 aromatic rings. The summed E-state index contributed by atoms with van der Waals surface area (Å²) in [6.45, 7) is 0. The van der Waals surface area contributed by atoms with E-state index in [4.69, 9.17) is 19.4 Å². The Labute approximate surface area is 378 Å². The number of rotatable bonds is 5. The molecule has 3 heterocycles. The van der Waals surface area contributed by atoms with Crippen LogP contribution in [0.1, 0.15) is 0 Å². The van der Waals surface area contributed by atoms with Gasteiger partial charge in [0.15, 0.2) is 17.5 Å². The van der Waals surface area contributed by atoms with Crippen molar-refractivity contribution in [2.45, 2.75) is 0 Å². The number of fused-ring (bicyclic) bond motifs is 10. The minimum Gasteiger partial charge on any atom is -0.456 e. The first-order valence-corrected chi connectivity index (χ1v) is 22.3. The molecule has 66 heavy (non-hydrogen) atoms. The molecule has 14 rings (SSSR count). The summed E-state index contributed by atoms with van der Waals surface area (Å²) in [5.41, 5.74) is 9.79. The highest BCUT2D eigenvalue weighted by molar-refractivity contribution is 6.17. The van der Waals surface area contributed by atoms with Crippen molar-refractivity contribution in [3.63, 3.8) is 0 Å². The minimum absolute atomic E-state index is 0.591. The van der Waals surface area contributed by atoms with Gasteiger partial charge in [0, 0.05) is 43.8 Å². The third-order valence-corrected chi connectivity index (χ3v) is 13.3. The van der Waals surface area contributed by atoms with Crippen molar-refractivity contribution < 1.29 is 4.42 Å². The first-order chi connectivity index (χ1) is 32.6. The van der Waals surface area contributed by atoms with E-state index >= 15 is 0 Å². The molecule has 0 aliphatic rings. The van der Waals surface area contributed by atoms with Gasteiger partial charge in [-0.15, -0.1) is 0 Å². The van der Waals surface area contributed by atoms with Crippen LogP contribution in [0.15, 0.2) is 223 Å². The Kier molecular flexibility index (Phi) is 7.91. The Balaban J connectivity index is 1.05. The lowest BCUT2D eigenvalue weighted by Crippen LogP contribution is -2.02. The molecule has 0 saturated carbocycles. The molecule has 0 amide bonds. The summed E-state index contributed by atoms with van der Waals surface area (Å²) in [5, 5.41) is 14.0. The van der Waals surface area contributed by atoms with Gasteiger partial charge in [-0.3, -0.25) is 0 Å². The maximum Gasteiger partial charge on any atom is 0.164 e. The van der Waals surface area contributed by atoms with Crippen LogP contribution in [0.25, 0.3) is 138 Å². The number of hydrogen-bond donors (Lipinski definition) is 0. The number of furan rings is 1. The molecule has 306 valence electrons. The van der Waals surface area contributed by atoms with E-state index in [0.717, 1.165) is 88.0 Å². The van der Waals surface area contributed by atoms with Crippen molar-refractivity contribution in [3.8, 4) is 51.0 Å². The van der Waals surface area contributed by atoms with Gasteiger partial charge in [0.25, 0.3) is 0 Å². The fourth-order valence-electron chi connectivity index (χ4n) is 10.1. The zero-order chi connectivity index (χ0) is 43.3. The fourth-order valence-corrected chi connectivity index (χ4v) is 10.1. The molecule has 0 aliphatic carbocycles. The van der Waals surface area contributed by atoms with Gasteiger partial charge in [0.05, 0.1) is 16.7 Å². The lowest BCUT2D eigenvalue weighted by atomic mass is 9.98. The van der Waals surface area contributed by atoms with Crippen molar-refractivity contribution in [2.24, 2.45) is 0 Å². The van der Waals surface area contributed by atoms with Crippen LogP contribution in [-0.2, 0) is 0 Å². The molecule has 5 nitrogen and oxygen atoms in total. The molecule has 0 aliphatic heterocycles. The summed E-state index contributed by atoms with van der Waals surface area (Å²) in [6.07, 6.45) is 0. The molecular formula is C61H36N4O. The second-order valence-electron chi connectivity index (χ2n) is 17.2. The molecule has 0 radical (unpaired) electrons. The zero-order valence-corrected chi connectivity index (χ0v) is 35.5. The van der Waals surface area contributed by atoms with E-state index in [2.05, 4.69) is 211 Å². The predicted molar refractivity (Wildman–Crippen MR) is 273 cm³/mol. The SMILES string of the molecule is c1ccc2cc(-c3nc(-c4ccc(-n5c6cc7ccccc7cc6c6cc7ccccc7cc65)c(-c5ccc6c(c5)oc5ccccc56)c4)nc(-c4ccc5ccccc5c4)n3)ccc2c1. The summed E-state index contributed by atoms with van der Waals surface area (Å²) in [6, 6.07) is 77.8. The third-order valence-electron chi connectivity index (χ3n) is 13.3. The van der Waals surface area contributed by atoms with E-state index in [1.165, 1.54) is 32.3 Å². The summed E-state index contributed by atoms with van der Waals surface area (Å²) < 4.78 is 8.99. The highest BCUT2D eigenvalue weighted by Crippen LogP contribution is 2.42. The first kappa shape index (κ1) is 36.5. The number of nitrogens with zero attached hydrogens (tertiary/aromatic N) is 4. The highest BCUT2D eigenvalue weighted by atomic mass is 16.3. The molecule has 11 aromatic carbocycles. The second-order valence-corrected chi connectivity index (χ2v) is 17.2. The van der Waals surface area contributed by atoms with Crippen molar-refractivity contribution >= 4 is 86.8 Å². The quantitative estimate of drug-likeness (QED) is 0.173. The summed E-state index contributed by atoms with van der Waals surface area (Å²) >= 11 is 0. The number of aromatic nitrogens is 4. The van der Waals surface area contributed by atoms with E-state index in [9.17, 15) is 0 Å². The van der Waals surface area contributed by atoms with Crippen LogP contribution >= 0.6 is 0 Å². The van der Waals surface area contributed by atoms with Gasteiger partial charge in [0.1, 0.15) is 11.2 Å². The van der Waals surface area contributed by atoms with Gasteiger partial charge in [-0.1, -0.05) is 146 Å². The molecular weight excluding hydrogens is 805 g/mol. The van der Waals surface area contributed by atoms with Crippen LogP contribution in [0, 0.1) is 0 Å². The Morgan fingerprint density at radius 2 is 0.712 bits per heavy atom. The van der Waals surface area contributed by atoms with E-state index in [-0.39, 0.29) is 0 Å². The maximum absolute atomic E-state index is 6.55. The van der Waals surface area contributed by atoms with Crippen LogP contribution in [-0.4, -0.2) is 19.5 Å². The summed E-state index contributed by atoms with van der Waals surface area (Å²) in [7, 11) is 0. The average molecular weight is 841 g/mol. The van der Waals surface area contributed by atoms with Crippen LogP contribution in [0.3, 0.4) is 0 Å². The number of hydrogen-bond acceptors (Lipinski definition) is 4. The second kappa shape index (κ2) is 14.3. The Bertz CT molecular complexity index is 4120. The van der Waals surface area contributed by atoms with E-state index in [0.29, 0.717) is 17.5 Å². The standard InChI is InChI=1S/C61H36N4O/c1-3-13-39-29-46(23-21-37(39)11-1)59-62-60(47-24-22-38-12-2-4-14-40(38)30-47)64-61(63-59)48-26-28-54(51(33-48)45-25-27-50-49-19-9-10-20-57(49)66-58(50)36-45)65-55-34-43-17-7-5-15-41(43)31-52(55)53-32-42-16-6-8-18-44(42)35-56(53)65/h1-36H. The Hall–Kier alpha value is -8.93. The molecule has 0 spiro atoms. The topological polar surface area (TPSA) is 56.7 Å². The predicted octanol–water partition coefficient (Wildman–Crippen LogP) is 16.1. The monoisotopic (exact) mass is 840 g/mol.